The summed E-state index contributed by atoms with van der Waals surface area (Å²) < 4.78 is 53.4. The molecule has 0 bridgehead atoms. The van der Waals surface area contributed by atoms with Crippen molar-refractivity contribution in [2.24, 2.45) is 5.92 Å². The van der Waals surface area contributed by atoms with E-state index in [1.54, 1.807) is 48.5 Å². The molecule has 2 aromatic carbocycles. The first-order chi connectivity index (χ1) is 15.2. The Morgan fingerprint density at radius 2 is 1.66 bits per heavy atom. The maximum absolute atomic E-state index is 14.4. The summed E-state index contributed by atoms with van der Waals surface area (Å²) in [6.07, 6.45) is -8.72. The van der Waals surface area contributed by atoms with Gasteiger partial charge in [0.25, 0.3) is 5.91 Å². The zero-order valence-corrected chi connectivity index (χ0v) is 16.6. The van der Waals surface area contributed by atoms with E-state index in [0.717, 1.165) is 0 Å². The number of hydrogen-bond donors (Lipinski definition) is 1. The van der Waals surface area contributed by atoms with Gasteiger partial charge in [-0.25, -0.2) is 4.79 Å². The molecule has 2 heterocycles. The zero-order valence-electron chi connectivity index (χ0n) is 16.6. The van der Waals surface area contributed by atoms with Crippen LogP contribution in [-0.4, -0.2) is 47.2 Å². The maximum atomic E-state index is 14.4. The van der Waals surface area contributed by atoms with Crippen molar-refractivity contribution in [3.05, 3.63) is 71.8 Å². The van der Waals surface area contributed by atoms with Crippen LogP contribution in [0.2, 0.25) is 0 Å². The highest BCUT2D eigenvalue weighted by atomic mass is 19.4. The van der Waals surface area contributed by atoms with Crippen molar-refractivity contribution in [3.63, 3.8) is 0 Å². The summed E-state index contributed by atoms with van der Waals surface area (Å²) in [5.74, 6) is -4.17. The summed E-state index contributed by atoms with van der Waals surface area (Å²) >= 11 is 0. The second-order valence-electron chi connectivity index (χ2n) is 8.33. The molecule has 2 aliphatic heterocycles. The summed E-state index contributed by atoms with van der Waals surface area (Å²) in [4.78, 5) is 38.8. The van der Waals surface area contributed by atoms with Gasteiger partial charge in [-0.3, -0.25) is 9.59 Å². The molecule has 0 unspecified atom stereocenters. The van der Waals surface area contributed by atoms with Crippen molar-refractivity contribution in [2.45, 2.75) is 42.4 Å². The fraction of sp³-hybridized carbons (Fsp3) is 0.348. The Balaban J connectivity index is 1.64. The van der Waals surface area contributed by atoms with Crippen LogP contribution in [0, 0.1) is 5.92 Å². The Bertz CT molecular complexity index is 1090. The molecule has 3 aliphatic rings. The van der Waals surface area contributed by atoms with Gasteiger partial charge in [-0.05, 0) is 17.7 Å². The first-order valence-electron chi connectivity index (χ1n) is 10.1. The molecule has 1 N–H and O–H groups in total. The lowest BCUT2D eigenvalue weighted by Crippen LogP contribution is -2.66. The minimum atomic E-state index is -5.00. The number of epoxide rings is 1. The summed E-state index contributed by atoms with van der Waals surface area (Å²) in [6, 6.07) is 16.2. The molecule has 5 rings (SSSR count). The van der Waals surface area contributed by atoms with E-state index in [9.17, 15) is 27.6 Å². The molecule has 0 radical (unpaired) electrons. The van der Waals surface area contributed by atoms with Crippen molar-refractivity contribution in [2.75, 3.05) is 0 Å². The Morgan fingerprint density at radius 3 is 2.28 bits per heavy atom. The van der Waals surface area contributed by atoms with Crippen LogP contribution in [0.5, 0.6) is 0 Å². The van der Waals surface area contributed by atoms with Crippen molar-refractivity contribution < 1.29 is 37.0 Å². The van der Waals surface area contributed by atoms with E-state index in [4.69, 9.17) is 9.47 Å². The molecule has 166 valence electrons. The number of benzene rings is 2. The topological polar surface area (TPSA) is 85.0 Å². The number of nitrogens with one attached hydrogen (secondary N) is 1. The van der Waals surface area contributed by atoms with Crippen LogP contribution in [0.15, 0.2) is 60.7 Å². The van der Waals surface area contributed by atoms with E-state index in [1.165, 1.54) is 12.1 Å². The molecule has 6 nitrogen and oxygen atoms in total. The monoisotopic (exact) mass is 445 g/mol. The van der Waals surface area contributed by atoms with Gasteiger partial charge >= 0.3 is 12.1 Å². The zero-order chi connectivity index (χ0) is 22.7. The number of rotatable bonds is 4. The summed E-state index contributed by atoms with van der Waals surface area (Å²) in [5, 5.41) is 2.54. The standard InChI is InChI=1S/C23H18F3NO5/c24-23(25,26)22-16(11-15(28)17-18(22)31-17)21(20(30)32-22,12-13-7-3-1-4-8-13)27-19(29)14-9-5-2-6-10-14/h1-10,16-18H,11-12H2,(H,27,29)/t16-,17-,18-,21+,22+/m0/s1. The third-order valence-corrected chi connectivity index (χ3v) is 6.52. The van der Waals surface area contributed by atoms with Crippen LogP contribution in [0.1, 0.15) is 22.3 Å². The van der Waals surface area contributed by atoms with E-state index in [-0.39, 0.29) is 12.0 Å². The lowest BCUT2D eigenvalue weighted by molar-refractivity contribution is -0.279. The molecule has 1 aliphatic carbocycles. The molecule has 1 saturated carbocycles. The number of ether oxygens (including phenoxy) is 2. The number of fused-ring (bicyclic) bond motifs is 3. The Labute approximate surface area is 180 Å². The predicted octanol–water partition coefficient (Wildman–Crippen LogP) is 2.61. The SMILES string of the molecule is O=C(N[C@@]1(Cc2ccccc2)C(=O)O[C@]2(C(F)(F)F)[C@H]1CC(=O)[C@@H]1O[C@@H]12)c1ccccc1. The average molecular weight is 445 g/mol. The average Bonchev–Trinajstić information content (AvgIpc) is 3.53. The van der Waals surface area contributed by atoms with Crippen molar-refractivity contribution >= 4 is 17.7 Å². The van der Waals surface area contributed by atoms with Gasteiger partial charge in [-0.2, -0.15) is 13.2 Å². The number of amides is 1. The van der Waals surface area contributed by atoms with Crippen LogP contribution in [0.4, 0.5) is 13.2 Å². The maximum Gasteiger partial charge on any atom is 0.431 e. The fourth-order valence-electron chi connectivity index (χ4n) is 4.98. The number of carbonyl (C=O) groups is 3. The van der Waals surface area contributed by atoms with Crippen LogP contribution in [-0.2, 0) is 25.5 Å². The van der Waals surface area contributed by atoms with Crippen molar-refractivity contribution in [1.82, 2.24) is 5.32 Å². The number of carbonyl (C=O) groups excluding carboxylic acids is 3. The van der Waals surface area contributed by atoms with Crippen LogP contribution >= 0.6 is 0 Å². The number of ketones is 1. The van der Waals surface area contributed by atoms with E-state index >= 15 is 0 Å². The first kappa shape index (κ1) is 20.7. The lowest BCUT2D eigenvalue weighted by atomic mass is 9.65. The third-order valence-electron chi connectivity index (χ3n) is 6.52. The second kappa shape index (κ2) is 6.90. The highest BCUT2D eigenvalue weighted by Gasteiger charge is 2.85. The molecule has 5 atom stereocenters. The second-order valence-corrected chi connectivity index (χ2v) is 8.33. The van der Waals surface area contributed by atoms with Crippen molar-refractivity contribution in [3.8, 4) is 0 Å². The highest BCUT2D eigenvalue weighted by Crippen LogP contribution is 2.61. The Morgan fingerprint density at radius 1 is 1.03 bits per heavy atom. The van der Waals surface area contributed by atoms with Gasteiger partial charge in [0.05, 0.1) is 5.92 Å². The number of hydrogen-bond acceptors (Lipinski definition) is 5. The molecule has 2 saturated heterocycles. The highest BCUT2D eigenvalue weighted by molar-refractivity contribution is 6.00. The number of esters is 1. The lowest BCUT2D eigenvalue weighted by Gasteiger charge is -2.40. The number of Topliss-reactive ketones (excluding diaryl/α,β-unsaturated/α-hetero) is 1. The summed E-state index contributed by atoms with van der Waals surface area (Å²) in [5.41, 5.74) is -4.42. The Kier molecular flexibility index (Phi) is 4.46. The van der Waals surface area contributed by atoms with Gasteiger partial charge in [0, 0.05) is 18.4 Å². The fourth-order valence-corrected chi connectivity index (χ4v) is 4.98. The molecule has 2 aromatic rings. The number of alkyl halides is 3. The van der Waals surface area contributed by atoms with Crippen molar-refractivity contribution in [1.29, 1.82) is 0 Å². The molecule has 9 heteroatoms. The van der Waals surface area contributed by atoms with Crippen LogP contribution in [0.25, 0.3) is 0 Å². The summed E-state index contributed by atoms with van der Waals surface area (Å²) in [7, 11) is 0. The van der Waals surface area contributed by atoms with E-state index in [2.05, 4.69) is 5.32 Å². The van der Waals surface area contributed by atoms with Gasteiger partial charge < -0.3 is 14.8 Å². The predicted molar refractivity (Wildman–Crippen MR) is 103 cm³/mol. The molecular weight excluding hydrogens is 427 g/mol. The normalized spacial score (nSPS) is 33.2. The minimum Gasteiger partial charge on any atom is -0.444 e. The van der Waals surface area contributed by atoms with E-state index < -0.39 is 59.5 Å². The molecule has 0 aromatic heterocycles. The molecular formula is C23H18F3NO5. The summed E-state index contributed by atoms with van der Waals surface area (Å²) in [6.45, 7) is 0. The van der Waals surface area contributed by atoms with E-state index in [1.807, 2.05) is 0 Å². The van der Waals surface area contributed by atoms with Gasteiger partial charge in [0.2, 0.25) is 5.60 Å². The quantitative estimate of drug-likeness (QED) is 0.578. The van der Waals surface area contributed by atoms with E-state index in [0.29, 0.717) is 5.56 Å². The van der Waals surface area contributed by atoms with Crippen LogP contribution in [0.3, 0.4) is 0 Å². The molecule has 1 amide bonds. The minimum absolute atomic E-state index is 0.167. The van der Waals surface area contributed by atoms with Gasteiger partial charge in [-0.1, -0.05) is 48.5 Å². The van der Waals surface area contributed by atoms with Gasteiger partial charge in [-0.15, -0.1) is 0 Å². The Hall–Kier alpha value is -3.20. The third kappa shape index (κ3) is 2.87. The molecule has 0 spiro atoms. The van der Waals surface area contributed by atoms with Gasteiger partial charge in [0.1, 0.15) is 17.7 Å². The largest absolute Gasteiger partial charge is 0.444 e. The molecule has 3 fully saturated rings. The molecule has 32 heavy (non-hydrogen) atoms. The smallest absolute Gasteiger partial charge is 0.431 e. The van der Waals surface area contributed by atoms with Crippen LogP contribution < -0.4 is 5.32 Å². The van der Waals surface area contributed by atoms with Gasteiger partial charge in [0.15, 0.2) is 5.78 Å². The number of halogens is 3. The first-order valence-corrected chi connectivity index (χ1v) is 10.1.